The summed E-state index contributed by atoms with van der Waals surface area (Å²) in [5, 5.41) is 0. The first-order valence-electron chi connectivity index (χ1n) is 7.78. The molecule has 5 nitrogen and oxygen atoms in total. The Morgan fingerprint density at radius 2 is 1.60 bits per heavy atom. The Balaban J connectivity index is 1.85. The number of methoxy groups -OCH3 is 1. The van der Waals surface area contributed by atoms with Crippen LogP contribution in [0.2, 0.25) is 0 Å². The number of ether oxygens (including phenoxy) is 1. The first-order chi connectivity index (χ1) is 9.72. The van der Waals surface area contributed by atoms with Gasteiger partial charge in [0.15, 0.2) is 0 Å². The van der Waals surface area contributed by atoms with Crippen LogP contribution < -0.4 is 0 Å². The van der Waals surface area contributed by atoms with E-state index in [1.54, 1.807) is 0 Å². The molecule has 0 atom stereocenters. The average Bonchev–Trinajstić information content (AvgIpc) is 2.73. The van der Waals surface area contributed by atoms with Crippen LogP contribution in [0, 0.1) is 5.92 Å². The van der Waals surface area contributed by atoms with Gasteiger partial charge >= 0.3 is 0 Å². The maximum Gasteiger partial charge on any atom is 0.248 e. The molecule has 2 fully saturated rings. The van der Waals surface area contributed by atoms with Gasteiger partial charge in [-0.05, 0) is 19.3 Å². The Morgan fingerprint density at radius 1 is 0.950 bits per heavy atom. The molecule has 0 aromatic rings. The van der Waals surface area contributed by atoms with E-state index in [0.29, 0.717) is 19.0 Å². The highest BCUT2D eigenvalue weighted by Gasteiger charge is 2.28. The largest absolute Gasteiger partial charge is 0.375 e. The molecule has 1 aliphatic heterocycles. The normalized spacial score (nSPS) is 21.6. The highest BCUT2D eigenvalue weighted by molar-refractivity contribution is 5.80. The summed E-state index contributed by atoms with van der Waals surface area (Å²) in [5.41, 5.74) is 0. The van der Waals surface area contributed by atoms with E-state index < -0.39 is 0 Å². The minimum atomic E-state index is 0.0273. The van der Waals surface area contributed by atoms with E-state index in [1.165, 1.54) is 26.4 Å². The second kappa shape index (κ2) is 7.62. The molecule has 1 saturated carbocycles. The number of carbonyl (C=O) groups is 2. The van der Waals surface area contributed by atoms with Gasteiger partial charge in [0.1, 0.15) is 6.61 Å². The van der Waals surface area contributed by atoms with Gasteiger partial charge in [0.25, 0.3) is 0 Å². The molecule has 0 unspecified atom stereocenters. The Kier molecular flexibility index (Phi) is 5.83. The topological polar surface area (TPSA) is 49.9 Å². The molecule has 1 heterocycles. The summed E-state index contributed by atoms with van der Waals surface area (Å²) >= 11 is 0. The van der Waals surface area contributed by atoms with Crippen LogP contribution in [0.25, 0.3) is 0 Å². The molecule has 2 aliphatic rings. The molecule has 1 aliphatic carbocycles. The molecule has 20 heavy (non-hydrogen) atoms. The van der Waals surface area contributed by atoms with E-state index in [2.05, 4.69) is 0 Å². The predicted octanol–water partition coefficient (Wildman–Crippen LogP) is 1.27. The Labute approximate surface area is 121 Å². The van der Waals surface area contributed by atoms with Crippen molar-refractivity contribution in [2.75, 3.05) is 39.9 Å². The standard InChI is InChI=1S/C15H26N2O3/c1-20-12-14(18)16-8-5-9-17(11-10-16)15(19)13-6-3-2-4-7-13/h13H,2-12H2,1H3. The molecular weight excluding hydrogens is 256 g/mol. The predicted molar refractivity (Wildman–Crippen MR) is 76.2 cm³/mol. The van der Waals surface area contributed by atoms with E-state index >= 15 is 0 Å². The molecule has 114 valence electrons. The van der Waals surface area contributed by atoms with Gasteiger partial charge in [-0.1, -0.05) is 19.3 Å². The molecule has 2 rings (SSSR count). The van der Waals surface area contributed by atoms with Gasteiger partial charge in [-0.3, -0.25) is 9.59 Å². The summed E-state index contributed by atoms with van der Waals surface area (Å²) in [4.78, 5) is 28.1. The van der Waals surface area contributed by atoms with Gasteiger partial charge in [-0.25, -0.2) is 0 Å². The first kappa shape index (κ1) is 15.3. The number of rotatable bonds is 3. The SMILES string of the molecule is COCC(=O)N1CCCN(C(=O)C2CCCCC2)CC1. The summed E-state index contributed by atoms with van der Waals surface area (Å²) in [5.74, 6) is 0.565. The Hall–Kier alpha value is -1.10. The molecule has 2 amide bonds. The van der Waals surface area contributed by atoms with Crippen molar-refractivity contribution in [1.29, 1.82) is 0 Å². The summed E-state index contributed by atoms with van der Waals surface area (Å²) in [7, 11) is 1.54. The van der Waals surface area contributed by atoms with E-state index in [9.17, 15) is 9.59 Å². The van der Waals surface area contributed by atoms with Gasteiger partial charge in [-0.2, -0.15) is 0 Å². The molecule has 0 radical (unpaired) electrons. The second-order valence-electron chi connectivity index (χ2n) is 5.83. The van der Waals surface area contributed by atoms with Gasteiger partial charge in [0, 0.05) is 39.2 Å². The van der Waals surface area contributed by atoms with Gasteiger partial charge in [0.05, 0.1) is 0 Å². The smallest absolute Gasteiger partial charge is 0.248 e. The van der Waals surface area contributed by atoms with Crippen molar-refractivity contribution in [3.05, 3.63) is 0 Å². The number of amides is 2. The minimum Gasteiger partial charge on any atom is -0.375 e. The third-order valence-electron chi connectivity index (χ3n) is 4.38. The second-order valence-corrected chi connectivity index (χ2v) is 5.83. The highest BCUT2D eigenvalue weighted by Crippen LogP contribution is 2.25. The van der Waals surface area contributed by atoms with E-state index in [1.807, 2.05) is 9.80 Å². The van der Waals surface area contributed by atoms with Crippen LogP contribution in [0.5, 0.6) is 0 Å². The monoisotopic (exact) mass is 282 g/mol. The quantitative estimate of drug-likeness (QED) is 0.783. The van der Waals surface area contributed by atoms with Crippen LogP contribution >= 0.6 is 0 Å². The zero-order chi connectivity index (χ0) is 14.4. The van der Waals surface area contributed by atoms with Crippen molar-refractivity contribution in [3.63, 3.8) is 0 Å². The van der Waals surface area contributed by atoms with Crippen LogP contribution in [0.1, 0.15) is 38.5 Å². The lowest BCUT2D eigenvalue weighted by Crippen LogP contribution is -2.41. The molecule has 0 N–H and O–H groups in total. The van der Waals surface area contributed by atoms with Crippen LogP contribution in [0.4, 0.5) is 0 Å². The van der Waals surface area contributed by atoms with Crippen LogP contribution in [0.15, 0.2) is 0 Å². The summed E-state index contributed by atoms with van der Waals surface area (Å²) in [6.07, 6.45) is 6.59. The minimum absolute atomic E-state index is 0.0273. The molecule has 0 spiro atoms. The van der Waals surface area contributed by atoms with Crippen molar-refractivity contribution in [3.8, 4) is 0 Å². The molecule has 0 aromatic heterocycles. The third-order valence-corrected chi connectivity index (χ3v) is 4.38. The van der Waals surface area contributed by atoms with Crippen molar-refractivity contribution >= 4 is 11.8 Å². The van der Waals surface area contributed by atoms with Crippen molar-refractivity contribution in [2.24, 2.45) is 5.92 Å². The first-order valence-corrected chi connectivity index (χ1v) is 7.78. The number of hydrogen-bond acceptors (Lipinski definition) is 3. The molecule has 1 saturated heterocycles. The number of carbonyl (C=O) groups excluding carboxylic acids is 2. The molecular formula is C15H26N2O3. The van der Waals surface area contributed by atoms with E-state index in [0.717, 1.165) is 32.4 Å². The fourth-order valence-electron chi connectivity index (χ4n) is 3.21. The fraction of sp³-hybridized carbons (Fsp3) is 0.867. The number of hydrogen-bond donors (Lipinski definition) is 0. The van der Waals surface area contributed by atoms with Gasteiger partial charge < -0.3 is 14.5 Å². The zero-order valence-electron chi connectivity index (χ0n) is 12.5. The summed E-state index contributed by atoms with van der Waals surface area (Å²) in [6, 6.07) is 0. The molecule has 0 bridgehead atoms. The lowest BCUT2D eigenvalue weighted by atomic mass is 9.88. The van der Waals surface area contributed by atoms with Crippen molar-refractivity contribution < 1.29 is 14.3 Å². The third kappa shape index (κ3) is 3.95. The zero-order valence-corrected chi connectivity index (χ0v) is 12.5. The van der Waals surface area contributed by atoms with E-state index in [4.69, 9.17) is 4.74 Å². The highest BCUT2D eigenvalue weighted by atomic mass is 16.5. The van der Waals surface area contributed by atoms with Crippen molar-refractivity contribution in [1.82, 2.24) is 9.80 Å². The van der Waals surface area contributed by atoms with Crippen LogP contribution in [0.3, 0.4) is 0 Å². The lowest BCUT2D eigenvalue weighted by Gasteiger charge is -2.28. The van der Waals surface area contributed by atoms with E-state index in [-0.39, 0.29) is 18.4 Å². The van der Waals surface area contributed by atoms with Crippen LogP contribution in [-0.2, 0) is 14.3 Å². The average molecular weight is 282 g/mol. The Morgan fingerprint density at radius 3 is 2.30 bits per heavy atom. The Bertz CT molecular complexity index is 340. The molecule has 5 heteroatoms. The van der Waals surface area contributed by atoms with Crippen molar-refractivity contribution in [2.45, 2.75) is 38.5 Å². The number of nitrogens with zero attached hydrogens (tertiary/aromatic N) is 2. The maximum absolute atomic E-state index is 12.5. The lowest BCUT2D eigenvalue weighted by molar-refractivity contribution is -0.138. The summed E-state index contributed by atoms with van der Waals surface area (Å²) in [6.45, 7) is 2.96. The van der Waals surface area contributed by atoms with Gasteiger partial charge in [0.2, 0.25) is 11.8 Å². The molecule has 0 aromatic carbocycles. The fourth-order valence-corrected chi connectivity index (χ4v) is 3.21. The van der Waals surface area contributed by atoms with Gasteiger partial charge in [-0.15, -0.1) is 0 Å². The maximum atomic E-state index is 12.5. The summed E-state index contributed by atoms with van der Waals surface area (Å²) < 4.78 is 4.90. The van der Waals surface area contributed by atoms with Crippen LogP contribution in [-0.4, -0.2) is 61.5 Å².